The Labute approximate surface area is 115 Å². The van der Waals surface area contributed by atoms with Crippen molar-refractivity contribution in [3.63, 3.8) is 0 Å². The van der Waals surface area contributed by atoms with Gasteiger partial charge in [-0.2, -0.15) is 0 Å². The molecule has 1 saturated heterocycles. The first-order valence-corrected chi connectivity index (χ1v) is 6.75. The molecule has 0 amide bonds. The maximum atomic E-state index is 13.5. The first kappa shape index (κ1) is 14.4. The molecule has 0 bridgehead atoms. The van der Waals surface area contributed by atoms with E-state index in [0.717, 1.165) is 38.0 Å². The van der Waals surface area contributed by atoms with Crippen LogP contribution in [0.25, 0.3) is 0 Å². The lowest BCUT2D eigenvalue weighted by Crippen LogP contribution is -2.08. The predicted molar refractivity (Wildman–Crippen MR) is 68.5 cm³/mol. The number of Topliss-reactive ketones (excluding diaryl/α,β-unsaturated/α-hetero) is 1. The van der Waals surface area contributed by atoms with Gasteiger partial charge >= 0.3 is 0 Å². The van der Waals surface area contributed by atoms with Crippen LogP contribution in [0, 0.1) is 11.6 Å². The van der Waals surface area contributed by atoms with Gasteiger partial charge < -0.3 is 4.74 Å². The normalized spacial score (nSPS) is 18.8. The molecule has 19 heavy (non-hydrogen) atoms. The van der Waals surface area contributed by atoms with E-state index in [4.69, 9.17) is 16.3 Å². The summed E-state index contributed by atoms with van der Waals surface area (Å²) in [7, 11) is 0. The van der Waals surface area contributed by atoms with E-state index in [1.54, 1.807) is 0 Å². The predicted octanol–water partition coefficient (Wildman–Crippen LogP) is 4.15. The van der Waals surface area contributed by atoms with Crippen molar-refractivity contribution in [1.29, 1.82) is 0 Å². The van der Waals surface area contributed by atoms with Gasteiger partial charge in [-0.1, -0.05) is 11.6 Å². The van der Waals surface area contributed by atoms with Crippen molar-refractivity contribution in [1.82, 2.24) is 0 Å². The van der Waals surface area contributed by atoms with Crippen LogP contribution in [0.2, 0.25) is 5.02 Å². The van der Waals surface area contributed by atoms with E-state index in [-0.39, 0.29) is 23.1 Å². The van der Waals surface area contributed by atoms with Crippen LogP contribution < -0.4 is 0 Å². The van der Waals surface area contributed by atoms with Crippen molar-refractivity contribution in [3.05, 3.63) is 34.4 Å². The van der Waals surface area contributed by atoms with Gasteiger partial charge in [0, 0.05) is 13.0 Å². The highest BCUT2D eigenvalue weighted by molar-refractivity contribution is 6.30. The fourth-order valence-corrected chi connectivity index (χ4v) is 2.38. The van der Waals surface area contributed by atoms with Crippen LogP contribution in [0.1, 0.15) is 42.5 Å². The molecule has 1 aromatic rings. The van der Waals surface area contributed by atoms with E-state index in [0.29, 0.717) is 6.42 Å². The molecule has 1 unspecified atom stereocenters. The molecule has 1 atom stereocenters. The molecule has 1 fully saturated rings. The number of rotatable bonds is 5. The maximum absolute atomic E-state index is 13.5. The summed E-state index contributed by atoms with van der Waals surface area (Å²) in [6.07, 6.45) is 3.86. The van der Waals surface area contributed by atoms with E-state index in [2.05, 4.69) is 0 Å². The smallest absolute Gasteiger partial charge is 0.165 e. The number of carbonyl (C=O) groups is 1. The van der Waals surface area contributed by atoms with Crippen LogP contribution in [0.15, 0.2) is 12.1 Å². The van der Waals surface area contributed by atoms with Crippen LogP contribution in [0.5, 0.6) is 0 Å². The fourth-order valence-electron chi connectivity index (χ4n) is 2.23. The van der Waals surface area contributed by atoms with Crippen molar-refractivity contribution in [2.75, 3.05) is 6.61 Å². The summed E-state index contributed by atoms with van der Waals surface area (Å²) < 4.78 is 32.2. The number of benzene rings is 1. The van der Waals surface area contributed by atoms with Gasteiger partial charge in [-0.3, -0.25) is 4.79 Å². The fraction of sp³-hybridized carbons (Fsp3) is 0.500. The third kappa shape index (κ3) is 3.74. The summed E-state index contributed by atoms with van der Waals surface area (Å²) in [6.45, 7) is 0.773. The highest BCUT2D eigenvalue weighted by atomic mass is 35.5. The van der Waals surface area contributed by atoms with E-state index in [1.807, 2.05) is 0 Å². The Morgan fingerprint density at radius 2 is 2.16 bits per heavy atom. The lowest BCUT2D eigenvalue weighted by Gasteiger charge is -2.08. The zero-order valence-electron chi connectivity index (χ0n) is 10.4. The Balaban J connectivity index is 1.90. The molecule has 0 aromatic heterocycles. The van der Waals surface area contributed by atoms with Crippen molar-refractivity contribution in [2.45, 2.75) is 38.2 Å². The largest absolute Gasteiger partial charge is 0.378 e. The second kappa shape index (κ2) is 6.44. The van der Waals surface area contributed by atoms with Gasteiger partial charge in [0.05, 0.1) is 16.7 Å². The average Bonchev–Trinajstić information content (AvgIpc) is 2.86. The molecule has 104 valence electrons. The maximum Gasteiger partial charge on any atom is 0.165 e. The topological polar surface area (TPSA) is 26.3 Å². The second-order valence-corrected chi connectivity index (χ2v) is 5.10. The van der Waals surface area contributed by atoms with Crippen molar-refractivity contribution in [2.24, 2.45) is 0 Å². The Hall–Kier alpha value is -1.00. The van der Waals surface area contributed by atoms with E-state index >= 15 is 0 Å². The molecule has 1 heterocycles. The van der Waals surface area contributed by atoms with Gasteiger partial charge in [-0.15, -0.1) is 0 Å². The first-order chi connectivity index (χ1) is 9.08. The lowest BCUT2D eigenvalue weighted by atomic mass is 10.0. The number of ether oxygens (including phenoxy) is 1. The standard InChI is InChI=1S/C14H15ClF2O2/c15-11-8-12(16)10(7-13(11)17)14(18)5-1-3-9-4-2-6-19-9/h7-9H,1-6H2. The van der Waals surface area contributed by atoms with Gasteiger partial charge in [-0.05, 0) is 37.8 Å². The van der Waals surface area contributed by atoms with Crippen LogP contribution in [0.4, 0.5) is 8.78 Å². The minimum atomic E-state index is -0.773. The number of hydrogen-bond acceptors (Lipinski definition) is 2. The SMILES string of the molecule is O=C(CCCC1CCCO1)c1cc(F)c(Cl)cc1F. The van der Waals surface area contributed by atoms with Gasteiger partial charge in [0.2, 0.25) is 0 Å². The summed E-state index contributed by atoms with van der Waals surface area (Å²) in [6, 6.07) is 1.70. The van der Waals surface area contributed by atoms with E-state index in [9.17, 15) is 13.6 Å². The number of hydrogen-bond donors (Lipinski definition) is 0. The Morgan fingerprint density at radius 1 is 1.37 bits per heavy atom. The van der Waals surface area contributed by atoms with Crippen LogP contribution in [-0.2, 0) is 4.74 Å². The van der Waals surface area contributed by atoms with Gasteiger partial charge in [0.1, 0.15) is 11.6 Å². The molecular weight excluding hydrogens is 274 g/mol. The molecule has 0 saturated carbocycles. The molecule has 2 rings (SSSR count). The molecule has 1 aliphatic rings. The summed E-state index contributed by atoms with van der Waals surface area (Å²) in [5.74, 6) is -1.94. The number of carbonyl (C=O) groups excluding carboxylic acids is 1. The highest BCUT2D eigenvalue weighted by Gasteiger charge is 2.18. The Bertz CT molecular complexity index is 471. The van der Waals surface area contributed by atoms with E-state index in [1.165, 1.54) is 0 Å². The Kier molecular flexibility index (Phi) is 4.88. The molecule has 5 heteroatoms. The van der Waals surface area contributed by atoms with Gasteiger partial charge in [0.15, 0.2) is 5.78 Å². The zero-order valence-corrected chi connectivity index (χ0v) is 11.2. The molecule has 0 N–H and O–H groups in total. The summed E-state index contributed by atoms with van der Waals surface area (Å²) >= 11 is 5.44. The van der Waals surface area contributed by atoms with Crippen LogP contribution >= 0.6 is 11.6 Å². The number of halogens is 3. The van der Waals surface area contributed by atoms with Gasteiger partial charge in [-0.25, -0.2) is 8.78 Å². The monoisotopic (exact) mass is 288 g/mol. The van der Waals surface area contributed by atoms with Gasteiger partial charge in [0.25, 0.3) is 0 Å². The molecule has 0 radical (unpaired) electrons. The van der Waals surface area contributed by atoms with Crippen LogP contribution in [0.3, 0.4) is 0 Å². The quantitative estimate of drug-likeness (QED) is 0.601. The average molecular weight is 289 g/mol. The van der Waals surface area contributed by atoms with Crippen LogP contribution in [-0.4, -0.2) is 18.5 Å². The van der Waals surface area contributed by atoms with E-state index < -0.39 is 17.4 Å². The molecule has 0 spiro atoms. The molecule has 1 aromatic carbocycles. The molecule has 1 aliphatic heterocycles. The zero-order chi connectivity index (χ0) is 13.8. The molecular formula is C14H15ClF2O2. The highest BCUT2D eigenvalue weighted by Crippen LogP contribution is 2.22. The molecule has 2 nitrogen and oxygen atoms in total. The minimum Gasteiger partial charge on any atom is -0.378 e. The third-order valence-electron chi connectivity index (χ3n) is 3.26. The summed E-state index contributed by atoms with van der Waals surface area (Å²) in [4.78, 5) is 11.8. The second-order valence-electron chi connectivity index (χ2n) is 4.70. The van der Waals surface area contributed by atoms with Crippen molar-refractivity contribution < 1.29 is 18.3 Å². The number of ketones is 1. The minimum absolute atomic E-state index is 0.192. The lowest BCUT2D eigenvalue weighted by molar-refractivity contribution is 0.0920. The summed E-state index contributed by atoms with van der Waals surface area (Å²) in [5, 5.41) is -0.312. The third-order valence-corrected chi connectivity index (χ3v) is 3.55. The van der Waals surface area contributed by atoms with Crippen molar-refractivity contribution in [3.8, 4) is 0 Å². The Morgan fingerprint density at radius 3 is 2.84 bits per heavy atom. The van der Waals surface area contributed by atoms with Crippen molar-refractivity contribution >= 4 is 17.4 Å². The summed E-state index contributed by atoms with van der Waals surface area (Å²) in [5.41, 5.74) is -0.228. The molecule has 0 aliphatic carbocycles. The first-order valence-electron chi connectivity index (χ1n) is 6.37.